The lowest BCUT2D eigenvalue weighted by atomic mass is 9.79. The van der Waals surface area contributed by atoms with Crippen molar-refractivity contribution in [3.63, 3.8) is 0 Å². The topological polar surface area (TPSA) is 38.9 Å². The summed E-state index contributed by atoms with van der Waals surface area (Å²) >= 11 is 0. The van der Waals surface area contributed by atoms with E-state index in [1.54, 1.807) is 6.20 Å². The van der Waals surface area contributed by atoms with Crippen LogP contribution in [0, 0.1) is 5.92 Å². The molecule has 5 aromatic rings. The van der Waals surface area contributed by atoms with E-state index < -0.39 is 6.37 Å². The summed E-state index contributed by atoms with van der Waals surface area (Å²) in [6, 6.07) is 22.3. The van der Waals surface area contributed by atoms with Crippen molar-refractivity contribution in [2.45, 2.75) is 51.3 Å². The second kappa shape index (κ2) is 8.39. The zero-order chi connectivity index (χ0) is 24.9. The van der Waals surface area contributed by atoms with Crippen molar-refractivity contribution in [2.75, 3.05) is 0 Å². The third-order valence-corrected chi connectivity index (χ3v) is 7.31. The van der Waals surface area contributed by atoms with Gasteiger partial charge < -0.3 is 4.42 Å². The highest BCUT2D eigenvalue weighted by atomic mass is 16.3. The van der Waals surface area contributed by atoms with Crippen molar-refractivity contribution in [2.24, 2.45) is 5.92 Å². The second-order valence-electron chi connectivity index (χ2n) is 9.93. The van der Waals surface area contributed by atoms with Crippen LogP contribution in [0.4, 0.5) is 0 Å². The molecule has 0 saturated heterocycles. The highest BCUT2D eigenvalue weighted by molar-refractivity contribution is 6.04. The second-order valence-corrected chi connectivity index (χ2v) is 9.93. The Kier molecular flexibility index (Phi) is 4.67. The van der Waals surface area contributed by atoms with E-state index in [1.165, 1.54) is 5.56 Å². The quantitative estimate of drug-likeness (QED) is 0.273. The molecule has 2 aromatic carbocycles. The zero-order valence-corrected chi connectivity index (χ0v) is 19.7. The molecule has 170 valence electrons. The summed E-state index contributed by atoms with van der Waals surface area (Å²) in [6.07, 6.45) is 6.47. The van der Waals surface area contributed by atoms with E-state index in [4.69, 9.17) is 12.1 Å². The molecule has 1 aliphatic rings. The first kappa shape index (κ1) is 18.9. The number of rotatable bonds is 5. The van der Waals surface area contributed by atoms with E-state index in [-0.39, 0.29) is 11.3 Å². The monoisotopic (exact) mass is 448 g/mol. The van der Waals surface area contributed by atoms with Gasteiger partial charge in [0.1, 0.15) is 11.1 Å². The molecule has 3 aromatic heterocycles. The van der Waals surface area contributed by atoms with Gasteiger partial charge in [-0.25, -0.2) is 0 Å². The van der Waals surface area contributed by atoms with Gasteiger partial charge in [0.15, 0.2) is 5.58 Å². The van der Waals surface area contributed by atoms with E-state index >= 15 is 0 Å². The molecule has 0 aliphatic heterocycles. The zero-order valence-electron chi connectivity index (χ0n) is 21.7. The van der Waals surface area contributed by atoms with Crippen molar-refractivity contribution < 1.29 is 7.16 Å². The van der Waals surface area contributed by atoms with E-state index in [0.717, 1.165) is 64.6 Å². The third kappa shape index (κ3) is 3.79. The Bertz CT molecular complexity index is 1550. The SMILES string of the molecule is [2H]C([2H])(c1ccnc(-c2ccc3oc4cc(C(C)(C)c5ccccc5)cnc4c3c2)c1)C1CCCC1. The standard InChI is InChI=1S/C31H30N2O/c1-31(2,24-10-4-3-5-11-24)25-19-29-30(33-20-25)26-18-23(12-13-28(26)34-29)27-17-22(14-15-32-27)16-21-8-6-7-9-21/h3-5,10-15,17-21H,6-9,16H2,1-2H3/i16D2. The molecule has 0 atom stereocenters. The maximum absolute atomic E-state index is 8.78. The Hall–Kier alpha value is -3.46. The predicted molar refractivity (Wildman–Crippen MR) is 139 cm³/mol. The Morgan fingerprint density at radius 1 is 0.912 bits per heavy atom. The number of benzene rings is 2. The van der Waals surface area contributed by atoms with Crippen LogP contribution in [-0.4, -0.2) is 9.97 Å². The number of hydrogen-bond acceptors (Lipinski definition) is 3. The van der Waals surface area contributed by atoms with Crippen molar-refractivity contribution in [3.05, 3.63) is 95.8 Å². The minimum absolute atomic E-state index is 0.0755. The first-order chi connectivity index (χ1) is 17.3. The number of aromatic nitrogens is 2. The Morgan fingerprint density at radius 3 is 2.56 bits per heavy atom. The van der Waals surface area contributed by atoms with E-state index in [9.17, 15) is 0 Å². The number of nitrogens with zero attached hydrogens (tertiary/aromatic N) is 2. The summed E-state index contributed by atoms with van der Waals surface area (Å²) in [4.78, 5) is 9.41. The maximum atomic E-state index is 8.78. The van der Waals surface area contributed by atoms with Crippen LogP contribution < -0.4 is 0 Å². The van der Waals surface area contributed by atoms with Crippen LogP contribution in [-0.2, 0) is 11.8 Å². The molecular formula is C31H30N2O. The molecule has 1 saturated carbocycles. The predicted octanol–water partition coefficient (Wildman–Crippen LogP) is 8.10. The summed E-state index contributed by atoms with van der Waals surface area (Å²) in [5.74, 6) is 0.0755. The molecule has 0 spiro atoms. The number of fused-ring (bicyclic) bond motifs is 3. The largest absolute Gasteiger partial charge is 0.454 e. The van der Waals surface area contributed by atoms with Gasteiger partial charge in [-0.2, -0.15) is 0 Å². The fourth-order valence-electron chi connectivity index (χ4n) is 5.15. The number of pyridine rings is 2. The van der Waals surface area contributed by atoms with Crippen LogP contribution in [0.3, 0.4) is 0 Å². The summed E-state index contributed by atoms with van der Waals surface area (Å²) in [5, 5.41) is 0.942. The third-order valence-electron chi connectivity index (χ3n) is 7.31. The van der Waals surface area contributed by atoms with Crippen LogP contribution >= 0.6 is 0 Å². The fraction of sp³-hybridized carbons (Fsp3) is 0.290. The molecule has 3 nitrogen and oxygen atoms in total. The molecule has 34 heavy (non-hydrogen) atoms. The van der Waals surface area contributed by atoms with Gasteiger partial charge >= 0.3 is 0 Å². The lowest BCUT2D eigenvalue weighted by Crippen LogP contribution is -2.18. The minimum atomic E-state index is -1.34. The maximum Gasteiger partial charge on any atom is 0.154 e. The lowest BCUT2D eigenvalue weighted by Gasteiger charge is -2.25. The highest BCUT2D eigenvalue weighted by Crippen LogP contribution is 2.36. The highest BCUT2D eigenvalue weighted by Gasteiger charge is 2.25. The van der Waals surface area contributed by atoms with Crippen molar-refractivity contribution in [3.8, 4) is 11.3 Å². The molecule has 6 rings (SSSR count). The number of furan rings is 1. The van der Waals surface area contributed by atoms with Gasteiger partial charge in [0, 0.05) is 31.5 Å². The van der Waals surface area contributed by atoms with Crippen molar-refractivity contribution in [1.82, 2.24) is 9.97 Å². The molecule has 0 N–H and O–H groups in total. The van der Waals surface area contributed by atoms with E-state index in [1.807, 2.05) is 36.5 Å². The minimum Gasteiger partial charge on any atom is -0.454 e. The Labute approximate surface area is 203 Å². The normalized spacial score (nSPS) is 16.2. The van der Waals surface area contributed by atoms with Gasteiger partial charge in [-0.05, 0) is 65.4 Å². The molecule has 1 fully saturated rings. The Balaban J connectivity index is 1.39. The van der Waals surface area contributed by atoms with Crippen LogP contribution in [0.5, 0.6) is 0 Å². The van der Waals surface area contributed by atoms with Crippen LogP contribution in [0.15, 0.2) is 83.5 Å². The Morgan fingerprint density at radius 2 is 1.74 bits per heavy atom. The first-order valence-electron chi connectivity index (χ1n) is 13.2. The molecular weight excluding hydrogens is 416 g/mol. The van der Waals surface area contributed by atoms with E-state index in [2.05, 4.69) is 55.2 Å². The van der Waals surface area contributed by atoms with Gasteiger partial charge in [-0.3, -0.25) is 9.97 Å². The molecule has 1 aliphatic carbocycles. The summed E-state index contributed by atoms with van der Waals surface area (Å²) in [5.41, 5.74) is 6.93. The van der Waals surface area contributed by atoms with Crippen LogP contribution in [0.1, 0.15) is 59.0 Å². The summed E-state index contributed by atoms with van der Waals surface area (Å²) < 4.78 is 23.8. The molecule has 0 bridgehead atoms. The molecule has 3 heterocycles. The average molecular weight is 449 g/mol. The van der Waals surface area contributed by atoms with Gasteiger partial charge in [0.2, 0.25) is 0 Å². The van der Waals surface area contributed by atoms with Crippen molar-refractivity contribution >= 4 is 22.1 Å². The van der Waals surface area contributed by atoms with Gasteiger partial charge in [-0.1, -0.05) is 69.9 Å². The smallest absolute Gasteiger partial charge is 0.154 e. The van der Waals surface area contributed by atoms with Gasteiger partial charge in [0.05, 0.1) is 5.69 Å². The molecule has 3 heteroatoms. The number of hydrogen-bond donors (Lipinski definition) is 0. The molecule has 0 radical (unpaired) electrons. The first-order valence-corrected chi connectivity index (χ1v) is 12.2. The van der Waals surface area contributed by atoms with E-state index in [0.29, 0.717) is 5.56 Å². The van der Waals surface area contributed by atoms with Gasteiger partial charge in [0.25, 0.3) is 0 Å². The fourth-order valence-corrected chi connectivity index (χ4v) is 5.15. The van der Waals surface area contributed by atoms with Gasteiger partial charge in [-0.15, -0.1) is 0 Å². The van der Waals surface area contributed by atoms with Crippen molar-refractivity contribution in [1.29, 1.82) is 0 Å². The summed E-state index contributed by atoms with van der Waals surface area (Å²) in [6.45, 7) is 4.41. The lowest BCUT2D eigenvalue weighted by molar-refractivity contribution is 0.546. The summed E-state index contributed by atoms with van der Waals surface area (Å²) in [7, 11) is 0. The molecule has 0 amide bonds. The average Bonchev–Trinajstić information content (AvgIpc) is 3.57. The van der Waals surface area contributed by atoms with Crippen LogP contribution in [0.2, 0.25) is 0 Å². The van der Waals surface area contributed by atoms with Crippen LogP contribution in [0.25, 0.3) is 33.3 Å². The molecule has 0 unspecified atom stereocenters.